The van der Waals surface area contributed by atoms with Crippen LogP contribution in [0.15, 0.2) is 60.7 Å². The number of rotatable bonds is 8. The zero-order chi connectivity index (χ0) is 29.5. The second-order valence-electron chi connectivity index (χ2n) is 10.4. The van der Waals surface area contributed by atoms with E-state index in [1.165, 1.54) is 7.11 Å². The zero-order valence-electron chi connectivity index (χ0n) is 24.5. The Kier molecular flexibility index (Phi) is 9.21. The van der Waals surface area contributed by atoms with Gasteiger partial charge in [-0.2, -0.15) is 0 Å². The molecule has 10 nitrogen and oxygen atoms in total. The summed E-state index contributed by atoms with van der Waals surface area (Å²) in [5.41, 5.74) is 3.60. The number of likely N-dealkylation sites (tertiary alicyclic amines) is 1. The molecule has 0 radical (unpaired) electrons. The summed E-state index contributed by atoms with van der Waals surface area (Å²) in [5, 5.41) is 5.72. The van der Waals surface area contributed by atoms with Gasteiger partial charge in [-0.3, -0.25) is 4.79 Å². The number of methoxy groups -OCH3 is 3. The average Bonchev–Trinajstić information content (AvgIpc) is 3.05. The third-order valence-corrected chi connectivity index (χ3v) is 7.83. The second kappa shape index (κ2) is 13.4. The quantitative estimate of drug-likeness (QED) is 0.377. The van der Waals surface area contributed by atoms with E-state index >= 15 is 0 Å². The van der Waals surface area contributed by atoms with E-state index in [1.54, 1.807) is 38.5 Å². The van der Waals surface area contributed by atoms with Crippen LogP contribution < -0.4 is 34.6 Å². The molecule has 0 unspecified atom stereocenters. The number of para-hydroxylation sites is 2. The van der Waals surface area contributed by atoms with Gasteiger partial charge < -0.3 is 39.5 Å². The summed E-state index contributed by atoms with van der Waals surface area (Å²) in [6.07, 6.45) is 3.14. The number of carbonyl (C=O) groups is 2. The fourth-order valence-corrected chi connectivity index (χ4v) is 5.59. The Morgan fingerprint density at radius 3 is 2.05 bits per heavy atom. The molecule has 2 saturated heterocycles. The van der Waals surface area contributed by atoms with Gasteiger partial charge in [0.15, 0.2) is 0 Å². The highest BCUT2D eigenvalue weighted by atomic mass is 16.5. The van der Waals surface area contributed by atoms with E-state index in [0.29, 0.717) is 28.4 Å². The van der Waals surface area contributed by atoms with Crippen LogP contribution in [0.5, 0.6) is 17.2 Å². The second-order valence-corrected chi connectivity index (χ2v) is 10.4. The molecule has 5 rings (SSSR count). The normalized spacial score (nSPS) is 15.2. The van der Waals surface area contributed by atoms with E-state index in [2.05, 4.69) is 26.5 Å². The first-order chi connectivity index (χ1) is 20.5. The van der Waals surface area contributed by atoms with Gasteiger partial charge in [-0.15, -0.1) is 0 Å². The van der Waals surface area contributed by atoms with E-state index in [0.717, 1.165) is 75.7 Å². The van der Waals surface area contributed by atoms with E-state index in [1.807, 2.05) is 35.2 Å². The van der Waals surface area contributed by atoms with E-state index in [4.69, 9.17) is 14.2 Å². The number of nitrogens with one attached hydrogen (secondary N) is 2. The molecular weight excluding hydrogens is 534 g/mol. The van der Waals surface area contributed by atoms with Crippen molar-refractivity contribution in [1.82, 2.24) is 4.90 Å². The predicted octanol–water partition coefficient (Wildman–Crippen LogP) is 5.31. The highest BCUT2D eigenvalue weighted by molar-refractivity contribution is 6.04. The molecule has 2 fully saturated rings. The Hall–Kier alpha value is -4.60. The van der Waals surface area contributed by atoms with Gasteiger partial charge in [0, 0.05) is 56.7 Å². The predicted molar refractivity (Wildman–Crippen MR) is 166 cm³/mol. The maximum atomic E-state index is 13.8. The standard InChI is InChI=1S/C32H39N5O5/c1-40-24-12-13-26(30(22-24)42-3)34-32(39)33-23-11-14-27(25(21-23)31(38)37-15-7-4-8-16-37)35-17-19-36(20-18-35)28-9-5-6-10-29(28)41-2/h5-6,9-14,21-22H,4,7-8,15-20H2,1-3H3,(H2,33,34,39). The third-order valence-electron chi connectivity index (χ3n) is 7.83. The summed E-state index contributed by atoms with van der Waals surface area (Å²) in [5.74, 6) is 1.96. The van der Waals surface area contributed by atoms with Crippen LogP contribution in [0.3, 0.4) is 0 Å². The minimum atomic E-state index is -0.437. The lowest BCUT2D eigenvalue weighted by atomic mass is 10.1. The molecule has 3 aromatic rings. The largest absolute Gasteiger partial charge is 0.497 e. The van der Waals surface area contributed by atoms with Crippen LogP contribution in [0.25, 0.3) is 0 Å². The number of piperazine rings is 1. The van der Waals surface area contributed by atoms with Crippen molar-refractivity contribution < 1.29 is 23.8 Å². The van der Waals surface area contributed by atoms with E-state index in [-0.39, 0.29) is 5.91 Å². The smallest absolute Gasteiger partial charge is 0.323 e. The number of benzene rings is 3. The molecule has 3 amide bonds. The van der Waals surface area contributed by atoms with E-state index in [9.17, 15) is 9.59 Å². The highest BCUT2D eigenvalue weighted by Gasteiger charge is 2.27. The van der Waals surface area contributed by atoms with Crippen LogP contribution in [0.4, 0.5) is 27.5 Å². The molecule has 0 atom stereocenters. The van der Waals surface area contributed by atoms with Gasteiger partial charge in [0.2, 0.25) is 0 Å². The van der Waals surface area contributed by atoms with Gasteiger partial charge >= 0.3 is 6.03 Å². The molecule has 42 heavy (non-hydrogen) atoms. The number of urea groups is 1. The van der Waals surface area contributed by atoms with Gasteiger partial charge in [-0.05, 0) is 61.7 Å². The lowest BCUT2D eigenvalue weighted by Gasteiger charge is -2.39. The van der Waals surface area contributed by atoms with Gasteiger partial charge in [0.05, 0.1) is 38.3 Å². The zero-order valence-corrected chi connectivity index (χ0v) is 24.5. The summed E-state index contributed by atoms with van der Waals surface area (Å²) in [4.78, 5) is 33.3. The number of ether oxygens (including phenoxy) is 3. The summed E-state index contributed by atoms with van der Waals surface area (Å²) in [7, 11) is 4.80. The number of hydrogen-bond acceptors (Lipinski definition) is 7. The van der Waals surface area contributed by atoms with Crippen molar-refractivity contribution in [3.05, 3.63) is 66.2 Å². The Bertz CT molecular complexity index is 1400. The average molecular weight is 574 g/mol. The lowest BCUT2D eigenvalue weighted by molar-refractivity contribution is 0.0725. The SMILES string of the molecule is COc1ccc(NC(=O)Nc2ccc(N3CCN(c4ccccc4OC)CC3)c(C(=O)N3CCCCC3)c2)c(OC)c1. The molecule has 0 aromatic heterocycles. The summed E-state index contributed by atoms with van der Waals surface area (Å²) >= 11 is 0. The monoisotopic (exact) mass is 573 g/mol. The summed E-state index contributed by atoms with van der Waals surface area (Å²) in [6, 6.07) is 18.4. The number of carbonyl (C=O) groups excluding carboxylic acids is 2. The number of hydrogen-bond donors (Lipinski definition) is 2. The van der Waals surface area contributed by atoms with Gasteiger partial charge in [-0.1, -0.05) is 12.1 Å². The van der Waals surface area contributed by atoms with Crippen molar-refractivity contribution in [1.29, 1.82) is 0 Å². The fraction of sp³-hybridized carbons (Fsp3) is 0.375. The minimum absolute atomic E-state index is 0.00209. The molecule has 2 aliphatic heterocycles. The van der Waals surface area contributed by atoms with Gasteiger partial charge in [0.25, 0.3) is 5.91 Å². The number of nitrogens with zero attached hydrogens (tertiary/aromatic N) is 3. The summed E-state index contributed by atoms with van der Waals surface area (Å²) in [6.45, 7) is 4.59. The van der Waals surface area contributed by atoms with Crippen LogP contribution in [-0.2, 0) is 0 Å². The van der Waals surface area contributed by atoms with Crippen molar-refractivity contribution in [2.45, 2.75) is 19.3 Å². The molecule has 2 aliphatic rings. The van der Waals surface area contributed by atoms with Crippen molar-refractivity contribution in [3.8, 4) is 17.2 Å². The topological polar surface area (TPSA) is 95.6 Å². The molecular formula is C32H39N5O5. The molecule has 0 bridgehead atoms. The van der Waals surface area contributed by atoms with E-state index < -0.39 is 6.03 Å². The molecule has 2 N–H and O–H groups in total. The Morgan fingerprint density at radius 1 is 0.667 bits per heavy atom. The first-order valence-corrected chi connectivity index (χ1v) is 14.4. The van der Waals surface area contributed by atoms with Crippen LogP contribution in [-0.4, -0.2) is 77.4 Å². The maximum absolute atomic E-state index is 13.8. The highest BCUT2D eigenvalue weighted by Crippen LogP contribution is 2.33. The maximum Gasteiger partial charge on any atom is 0.323 e. The first kappa shape index (κ1) is 28.9. The van der Waals surface area contributed by atoms with Gasteiger partial charge in [-0.25, -0.2) is 4.79 Å². The van der Waals surface area contributed by atoms with Crippen molar-refractivity contribution in [2.75, 3.05) is 81.0 Å². The minimum Gasteiger partial charge on any atom is -0.497 e. The Labute approximate surface area is 247 Å². The molecule has 3 aromatic carbocycles. The van der Waals surface area contributed by atoms with Crippen LogP contribution >= 0.6 is 0 Å². The number of anilines is 4. The van der Waals surface area contributed by atoms with Crippen LogP contribution in [0.1, 0.15) is 29.6 Å². The molecule has 0 spiro atoms. The van der Waals surface area contributed by atoms with Crippen molar-refractivity contribution >= 4 is 34.7 Å². The molecule has 0 saturated carbocycles. The lowest BCUT2D eigenvalue weighted by Crippen LogP contribution is -2.47. The fourth-order valence-electron chi connectivity index (χ4n) is 5.59. The molecule has 222 valence electrons. The number of amides is 3. The molecule has 0 aliphatic carbocycles. The van der Waals surface area contributed by atoms with Crippen molar-refractivity contribution in [3.63, 3.8) is 0 Å². The Morgan fingerprint density at radius 2 is 1.36 bits per heavy atom. The van der Waals surface area contributed by atoms with Crippen molar-refractivity contribution in [2.24, 2.45) is 0 Å². The molecule has 2 heterocycles. The van der Waals surface area contributed by atoms with Crippen LogP contribution in [0.2, 0.25) is 0 Å². The number of piperidine rings is 1. The Balaban J connectivity index is 1.35. The van der Waals surface area contributed by atoms with Gasteiger partial charge in [0.1, 0.15) is 17.2 Å². The third kappa shape index (κ3) is 6.48. The molecule has 10 heteroatoms. The summed E-state index contributed by atoms with van der Waals surface area (Å²) < 4.78 is 16.2. The first-order valence-electron chi connectivity index (χ1n) is 14.4. The van der Waals surface area contributed by atoms with Crippen LogP contribution in [0, 0.1) is 0 Å².